The topological polar surface area (TPSA) is 23.5 Å². The Morgan fingerprint density at radius 2 is 2.12 bits per heavy atom. The molecule has 0 spiro atoms. The third-order valence-electron chi connectivity index (χ3n) is 3.43. The van der Waals surface area contributed by atoms with Crippen molar-refractivity contribution >= 4 is 0 Å². The highest BCUT2D eigenvalue weighted by molar-refractivity contribution is 5.39. The third kappa shape index (κ3) is 2.63. The van der Waals surface area contributed by atoms with E-state index in [4.69, 9.17) is 0 Å². The first-order valence-electron chi connectivity index (χ1n) is 6.07. The monoisotopic (exact) mass is 219 g/mol. The minimum Gasteiger partial charge on any atom is -0.393 e. The van der Waals surface area contributed by atoms with Crippen molar-refractivity contribution in [2.24, 2.45) is 0 Å². The molecule has 2 atom stereocenters. The summed E-state index contributed by atoms with van der Waals surface area (Å²) >= 11 is 0. The predicted octanol–water partition coefficient (Wildman–Crippen LogP) is 2.03. The molecule has 0 bridgehead atoms. The van der Waals surface area contributed by atoms with Crippen LogP contribution in [0.2, 0.25) is 0 Å². The number of nitrogens with zero attached hydrogens (tertiary/aromatic N) is 1. The fourth-order valence-corrected chi connectivity index (χ4v) is 2.43. The lowest BCUT2D eigenvalue weighted by Crippen LogP contribution is -2.25. The zero-order valence-electron chi connectivity index (χ0n) is 10.2. The summed E-state index contributed by atoms with van der Waals surface area (Å²) in [6.07, 6.45) is 2.80. The van der Waals surface area contributed by atoms with Crippen molar-refractivity contribution in [2.45, 2.75) is 31.3 Å². The van der Waals surface area contributed by atoms with Gasteiger partial charge in [0, 0.05) is 0 Å². The Bertz CT molecular complexity index is 348. The van der Waals surface area contributed by atoms with E-state index in [1.807, 2.05) is 14.1 Å². The molecular formula is C14H21NO. The molecule has 2 rings (SSSR count). The number of aliphatic hydroxyl groups is 1. The van der Waals surface area contributed by atoms with Gasteiger partial charge in [0.25, 0.3) is 0 Å². The molecule has 0 amide bonds. The Kier molecular flexibility index (Phi) is 3.62. The fourth-order valence-electron chi connectivity index (χ4n) is 2.43. The van der Waals surface area contributed by atoms with E-state index in [1.165, 1.54) is 11.1 Å². The summed E-state index contributed by atoms with van der Waals surface area (Å²) in [7, 11) is 4.09. The largest absolute Gasteiger partial charge is 0.393 e. The van der Waals surface area contributed by atoms with Gasteiger partial charge in [0.1, 0.15) is 0 Å². The third-order valence-corrected chi connectivity index (χ3v) is 3.43. The van der Waals surface area contributed by atoms with Crippen LogP contribution in [0.25, 0.3) is 0 Å². The Hall–Kier alpha value is -0.860. The molecule has 1 aromatic rings. The molecule has 0 saturated heterocycles. The van der Waals surface area contributed by atoms with Crippen molar-refractivity contribution in [1.29, 1.82) is 0 Å². The summed E-state index contributed by atoms with van der Waals surface area (Å²) in [6, 6.07) is 8.58. The normalized spacial score (nSPS) is 20.4. The molecule has 1 N–H and O–H groups in total. The molecule has 2 unspecified atom stereocenters. The van der Waals surface area contributed by atoms with Crippen molar-refractivity contribution in [2.75, 3.05) is 20.6 Å². The summed E-state index contributed by atoms with van der Waals surface area (Å²) in [4.78, 5) is 2.12. The van der Waals surface area contributed by atoms with Crippen molar-refractivity contribution < 1.29 is 5.11 Å². The van der Waals surface area contributed by atoms with Gasteiger partial charge in [-0.25, -0.2) is 0 Å². The average Bonchev–Trinajstić information content (AvgIpc) is 2.23. The van der Waals surface area contributed by atoms with E-state index in [-0.39, 0.29) is 6.10 Å². The Balaban J connectivity index is 1.80. The second-order valence-corrected chi connectivity index (χ2v) is 5.08. The zero-order valence-corrected chi connectivity index (χ0v) is 10.2. The van der Waals surface area contributed by atoms with Gasteiger partial charge >= 0.3 is 0 Å². The number of aliphatic hydroxyl groups excluding tert-OH is 1. The minimum absolute atomic E-state index is 0.152. The highest BCUT2D eigenvalue weighted by atomic mass is 16.3. The quantitative estimate of drug-likeness (QED) is 0.819. The molecule has 0 aromatic heterocycles. The standard InChI is InChI=1S/C14H21NO/c1-15(2)8-7-13(16)10-12-9-11-5-3-4-6-14(11)12/h3-6,12-13,16H,7-10H2,1-2H3. The summed E-state index contributed by atoms with van der Waals surface area (Å²) in [5.41, 5.74) is 2.92. The van der Waals surface area contributed by atoms with E-state index >= 15 is 0 Å². The lowest BCUT2D eigenvalue weighted by molar-refractivity contribution is 0.131. The molecule has 2 nitrogen and oxygen atoms in total. The van der Waals surface area contributed by atoms with Gasteiger partial charge in [-0.1, -0.05) is 24.3 Å². The number of hydrogen-bond acceptors (Lipinski definition) is 2. The molecule has 0 fully saturated rings. The van der Waals surface area contributed by atoms with Gasteiger partial charge in [0.15, 0.2) is 0 Å². The van der Waals surface area contributed by atoms with Crippen LogP contribution in [0.1, 0.15) is 29.9 Å². The first-order chi connectivity index (χ1) is 7.66. The van der Waals surface area contributed by atoms with E-state index in [9.17, 15) is 5.11 Å². The van der Waals surface area contributed by atoms with Crippen LogP contribution in [0.15, 0.2) is 24.3 Å². The maximum absolute atomic E-state index is 9.93. The minimum atomic E-state index is -0.152. The van der Waals surface area contributed by atoms with Gasteiger partial charge in [-0.3, -0.25) is 0 Å². The molecular weight excluding hydrogens is 198 g/mol. The van der Waals surface area contributed by atoms with Gasteiger partial charge in [0.2, 0.25) is 0 Å². The van der Waals surface area contributed by atoms with Crippen molar-refractivity contribution in [3.63, 3.8) is 0 Å². The lowest BCUT2D eigenvalue weighted by atomic mass is 9.74. The highest BCUT2D eigenvalue weighted by Gasteiger charge is 2.27. The van der Waals surface area contributed by atoms with Crippen LogP contribution in [0.5, 0.6) is 0 Å². The molecule has 0 aliphatic heterocycles. The van der Waals surface area contributed by atoms with Crippen LogP contribution in [0, 0.1) is 0 Å². The molecule has 1 aliphatic rings. The number of hydrogen-bond donors (Lipinski definition) is 1. The maximum Gasteiger partial charge on any atom is 0.0558 e. The number of benzene rings is 1. The molecule has 0 radical (unpaired) electrons. The summed E-state index contributed by atoms with van der Waals surface area (Å²) in [5, 5.41) is 9.93. The highest BCUT2D eigenvalue weighted by Crippen LogP contribution is 2.38. The van der Waals surface area contributed by atoms with Gasteiger partial charge in [-0.15, -0.1) is 0 Å². The van der Waals surface area contributed by atoms with Crippen LogP contribution in [-0.2, 0) is 6.42 Å². The molecule has 0 saturated carbocycles. The maximum atomic E-state index is 9.93. The van der Waals surface area contributed by atoms with Crippen LogP contribution in [0.4, 0.5) is 0 Å². The van der Waals surface area contributed by atoms with Crippen LogP contribution < -0.4 is 0 Å². The second kappa shape index (κ2) is 4.98. The number of rotatable bonds is 5. The van der Waals surface area contributed by atoms with Crippen LogP contribution >= 0.6 is 0 Å². The van der Waals surface area contributed by atoms with Gasteiger partial charge in [0.05, 0.1) is 6.10 Å². The second-order valence-electron chi connectivity index (χ2n) is 5.08. The predicted molar refractivity (Wildman–Crippen MR) is 66.7 cm³/mol. The molecule has 1 aliphatic carbocycles. The van der Waals surface area contributed by atoms with E-state index < -0.39 is 0 Å². The average molecular weight is 219 g/mol. The Labute approximate surface area is 97.9 Å². The summed E-state index contributed by atoms with van der Waals surface area (Å²) in [6.45, 7) is 0.968. The van der Waals surface area contributed by atoms with E-state index in [1.54, 1.807) is 0 Å². The lowest BCUT2D eigenvalue weighted by Gasteiger charge is -2.31. The molecule has 88 valence electrons. The first kappa shape index (κ1) is 11.6. The smallest absolute Gasteiger partial charge is 0.0558 e. The van der Waals surface area contributed by atoms with Gasteiger partial charge in [-0.05, 0) is 56.9 Å². The molecule has 2 heteroatoms. The first-order valence-corrected chi connectivity index (χ1v) is 6.07. The molecule has 1 aromatic carbocycles. The van der Waals surface area contributed by atoms with E-state index in [0.29, 0.717) is 5.92 Å². The Morgan fingerprint density at radius 3 is 2.81 bits per heavy atom. The zero-order chi connectivity index (χ0) is 11.5. The SMILES string of the molecule is CN(C)CCC(O)CC1Cc2ccccc21. The molecule has 0 heterocycles. The van der Waals surface area contributed by atoms with Crippen LogP contribution in [0.3, 0.4) is 0 Å². The summed E-state index contributed by atoms with van der Waals surface area (Å²) in [5.74, 6) is 0.591. The molecule has 16 heavy (non-hydrogen) atoms. The summed E-state index contributed by atoms with van der Waals surface area (Å²) < 4.78 is 0. The van der Waals surface area contributed by atoms with Crippen LogP contribution in [-0.4, -0.2) is 36.8 Å². The Morgan fingerprint density at radius 1 is 1.38 bits per heavy atom. The van der Waals surface area contributed by atoms with Crippen molar-refractivity contribution in [3.8, 4) is 0 Å². The van der Waals surface area contributed by atoms with Crippen molar-refractivity contribution in [3.05, 3.63) is 35.4 Å². The van der Waals surface area contributed by atoms with Gasteiger partial charge in [-0.2, -0.15) is 0 Å². The van der Waals surface area contributed by atoms with Crippen molar-refractivity contribution in [1.82, 2.24) is 4.90 Å². The van der Waals surface area contributed by atoms with E-state index in [2.05, 4.69) is 29.2 Å². The number of fused-ring (bicyclic) bond motifs is 1. The van der Waals surface area contributed by atoms with E-state index in [0.717, 1.165) is 25.8 Å². The van der Waals surface area contributed by atoms with Gasteiger partial charge < -0.3 is 10.0 Å². The fraction of sp³-hybridized carbons (Fsp3) is 0.571.